The van der Waals surface area contributed by atoms with E-state index in [2.05, 4.69) is 40.8 Å². The summed E-state index contributed by atoms with van der Waals surface area (Å²) >= 11 is 0. The first kappa shape index (κ1) is 22.8. The van der Waals surface area contributed by atoms with Gasteiger partial charge in [0.1, 0.15) is 0 Å². The Balaban J connectivity index is 1.51. The quantitative estimate of drug-likeness (QED) is 0.147. The maximum absolute atomic E-state index is 10.7. The molecule has 3 rings (SSSR count). The monoisotopic (exact) mass is 430 g/mol. The maximum atomic E-state index is 10.7. The van der Waals surface area contributed by atoms with Crippen molar-refractivity contribution in [3.63, 3.8) is 0 Å². The molecule has 0 bridgehead atoms. The van der Waals surface area contributed by atoms with Crippen molar-refractivity contribution in [2.24, 2.45) is 10.2 Å². The van der Waals surface area contributed by atoms with Crippen molar-refractivity contribution in [2.45, 2.75) is 13.5 Å². The van der Waals surface area contributed by atoms with E-state index in [-0.39, 0.29) is 5.69 Å². The smallest absolute Gasteiger partial charge is 0.269 e. The molecule has 3 aromatic carbocycles. The van der Waals surface area contributed by atoms with Crippen LogP contribution in [-0.2, 0) is 11.3 Å². The molecule has 7 nitrogen and oxygen atoms in total. The molecular formula is C25H26N4O3. The SMILES string of the molecule is C=Cc1cccc(COCCN(CC)c2ccc(N=Nc3ccc([N+](=O)[O-])cc3)cc2)c1. The van der Waals surface area contributed by atoms with E-state index in [1.54, 1.807) is 12.1 Å². The van der Waals surface area contributed by atoms with Gasteiger partial charge in [0, 0.05) is 30.9 Å². The van der Waals surface area contributed by atoms with Crippen LogP contribution >= 0.6 is 0 Å². The van der Waals surface area contributed by atoms with Crippen molar-refractivity contribution >= 4 is 28.8 Å². The zero-order valence-corrected chi connectivity index (χ0v) is 18.1. The standard InChI is InChI=1S/C25H26N4O3/c1-3-20-6-5-7-21(18-20)19-32-17-16-28(4-2)24-12-8-22(9-13-24)26-27-23-10-14-25(15-11-23)29(30)31/h3,5-15,18H,1,4,16-17,19H2,2H3. The normalized spacial score (nSPS) is 10.9. The van der Waals surface area contributed by atoms with Gasteiger partial charge in [-0.1, -0.05) is 30.9 Å². The number of azo groups is 1. The van der Waals surface area contributed by atoms with Gasteiger partial charge in [-0.15, -0.1) is 0 Å². The fraction of sp³-hybridized carbons (Fsp3) is 0.200. The second kappa shape index (κ2) is 11.5. The van der Waals surface area contributed by atoms with E-state index in [0.717, 1.165) is 29.9 Å². The molecule has 0 heterocycles. The third-order valence-electron chi connectivity index (χ3n) is 4.90. The Bertz CT molecular complexity index is 1060. The molecule has 0 aliphatic carbocycles. The lowest BCUT2D eigenvalue weighted by Gasteiger charge is -2.23. The number of anilines is 1. The average Bonchev–Trinajstić information content (AvgIpc) is 2.83. The van der Waals surface area contributed by atoms with Crippen LogP contribution in [0.2, 0.25) is 0 Å². The van der Waals surface area contributed by atoms with Gasteiger partial charge in [0.05, 0.1) is 29.5 Å². The summed E-state index contributed by atoms with van der Waals surface area (Å²) in [5.74, 6) is 0. The Morgan fingerprint density at radius 2 is 1.69 bits per heavy atom. The highest BCUT2D eigenvalue weighted by atomic mass is 16.6. The van der Waals surface area contributed by atoms with E-state index in [1.165, 1.54) is 12.1 Å². The Hall–Kier alpha value is -3.84. The first-order valence-electron chi connectivity index (χ1n) is 10.4. The summed E-state index contributed by atoms with van der Waals surface area (Å²) in [7, 11) is 0. The molecule has 0 aromatic heterocycles. The summed E-state index contributed by atoms with van der Waals surface area (Å²) < 4.78 is 5.86. The number of benzene rings is 3. The van der Waals surface area contributed by atoms with Gasteiger partial charge in [-0.3, -0.25) is 10.1 Å². The Morgan fingerprint density at radius 1 is 1.03 bits per heavy atom. The molecule has 0 aliphatic heterocycles. The molecule has 0 N–H and O–H groups in total. The van der Waals surface area contributed by atoms with Crippen LogP contribution < -0.4 is 4.90 Å². The predicted molar refractivity (Wildman–Crippen MR) is 128 cm³/mol. The Morgan fingerprint density at radius 3 is 2.28 bits per heavy atom. The van der Waals surface area contributed by atoms with Gasteiger partial charge >= 0.3 is 0 Å². The number of hydrogen-bond donors (Lipinski definition) is 0. The average molecular weight is 431 g/mol. The number of non-ortho nitro benzene ring substituents is 1. The summed E-state index contributed by atoms with van der Waals surface area (Å²) in [5.41, 5.74) is 4.61. The van der Waals surface area contributed by atoms with Gasteiger partial charge in [0.15, 0.2) is 0 Å². The van der Waals surface area contributed by atoms with Gasteiger partial charge in [-0.05, 0) is 60.5 Å². The Labute approximate surface area is 187 Å². The second-order valence-electron chi connectivity index (χ2n) is 7.07. The highest BCUT2D eigenvalue weighted by molar-refractivity contribution is 5.53. The van der Waals surface area contributed by atoms with Crippen LogP contribution in [0.4, 0.5) is 22.7 Å². The van der Waals surface area contributed by atoms with Crippen LogP contribution in [0, 0.1) is 10.1 Å². The minimum atomic E-state index is -0.440. The highest BCUT2D eigenvalue weighted by Gasteiger charge is 2.05. The molecule has 0 amide bonds. The van der Waals surface area contributed by atoms with Crippen molar-refractivity contribution in [3.05, 3.63) is 101 Å². The lowest BCUT2D eigenvalue weighted by atomic mass is 10.1. The van der Waals surface area contributed by atoms with Crippen molar-refractivity contribution in [2.75, 3.05) is 24.6 Å². The number of hydrogen-bond acceptors (Lipinski definition) is 6. The van der Waals surface area contributed by atoms with E-state index in [0.29, 0.717) is 24.6 Å². The number of nitrogens with zero attached hydrogens (tertiary/aromatic N) is 4. The number of ether oxygens (including phenoxy) is 1. The molecule has 0 fully saturated rings. The molecule has 3 aromatic rings. The number of rotatable bonds is 11. The van der Waals surface area contributed by atoms with Crippen molar-refractivity contribution < 1.29 is 9.66 Å². The molecule has 0 unspecified atom stereocenters. The maximum Gasteiger partial charge on any atom is 0.269 e. The first-order valence-corrected chi connectivity index (χ1v) is 10.4. The molecule has 164 valence electrons. The van der Waals surface area contributed by atoms with Crippen molar-refractivity contribution in [3.8, 4) is 0 Å². The summed E-state index contributed by atoms with van der Waals surface area (Å²) in [6.45, 7) is 8.73. The third kappa shape index (κ3) is 6.58. The third-order valence-corrected chi connectivity index (χ3v) is 4.90. The first-order chi connectivity index (χ1) is 15.6. The summed E-state index contributed by atoms with van der Waals surface area (Å²) in [4.78, 5) is 12.5. The highest BCUT2D eigenvalue weighted by Crippen LogP contribution is 2.23. The fourth-order valence-electron chi connectivity index (χ4n) is 3.13. The summed E-state index contributed by atoms with van der Waals surface area (Å²) in [6.07, 6.45) is 1.83. The minimum absolute atomic E-state index is 0.0298. The van der Waals surface area contributed by atoms with Crippen LogP contribution in [0.25, 0.3) is 6.08 Å². The molecule has 0 spiro atoms. The van der Waals surface area contributed by atoms with Crippen LogP contribution in [0.15, 0.2) is 89.6 Å². The molecule has 32 heavy (non-hydrogen) atoms. The van der Waals surface area contributed by atoms with E-state index >= 15 is 0 Å². The molecule has 0 aliphatic rings. The molecule has 7 heteroatoms. The number of nitro benzene ring substituents is 1. The van der Waals surface area contributed by atoms with Gasteiger partial charge in [-0.2, -0.15) is 10.2 Å². The number of nitro groups is 1. The molecule has 0 atom stereocenters. The summed E-state index contributed by atoms with van der Waals surface area (Å²) in [6, 6.07) is 21.9. The predicted octanol–water partition coefficient (Wildman–Crippen LogP) is 6.70. The fourth-order valence-corrected chi connectivity index (χ4v) is 3.13. The van der Waals surface area contributed by atoms with Crippen molar-refractivity contribution in [1.82, 2.24) is 0 Å². The Kier molecular flexibility index (Phi) is 8.22. The largest absolute Gasteiger partial charge is 0.375 e. The zero-order chi connectivity index (χ0) is 22.8. The summed E-state index contributed by atoms with van der Waals surface area (Å²) in [5, 5.41) is 19.1. The van der Waals surface area contributed by atoms with Gasteiger partial charge in [-0.25, -0.2) is 0 Å². The topological polar surface area (TPSA) is 80.3 Å². The number of likely N-dealkylation sites (N-methyl/N-ethyl adjacent to an activating group) is 1. The van der Waals surface area contributed by atoms with Gasteiger partial charge in [0.25, 0.3) is 5.69 Å². The van der Waals surface area contributed by atoms with Crippen LogP contribution in [0.5, 0.6) is 0 Å². The lowest BCUT2D eigenvalue weighted by molar-refractivity contribution is -0.384. The van der Waals surface area contributed by atoms with Gasteiger partial charge in [0.2, 0.25) is 0 Å². The van der Waals surface area contributed by atoms with E-state index in [1.807, 2.05) is 42.5 Å². The molecule has 0 saturated heterocycles. The van der Waals surface area contributed by atoms with Crippen LogP contribution in [0.1, 0.15) is 18.1 Å². The van der Waals surface area contributed by atoms with E-state index in [4.69, 9.17) is 4.74 Å². The minimum Gasteiger partial charge on any atom is -0.375 e. The lowest BCUT2D eigenvalue weighted by Crippen LogP contribution is -2.26. The van der Waals surface area contributed by atoms with E-state index in [9.17, 15) is 10.1 Å². The van der Waals surface area contributed by atoms with E-state index < -0.39 is 4.92 Å². The molecular weight excluding hydrogens is 404 g/mol. The molecule has 0 radical (unpaired) electrons. The molecule has 0 saturated carbocycles. The second-order valence-corrected chi connectivity index (χ2v) is 7.07. The van der Waals surface area contributed by atoms with Gasteiger partial charge < -0.3 is 9.64 Å². The van der Waals surface area contributed by atoms with Crippen LogP contribution in [-0.4, -0.2) is 24.6 Å². The van der Waals surface area contributed by atoms with Crippen molar-refractivity contribution in [1.29, 1.82) is 0 Å². The van der Waals surface area contributed by atoms with Crippen LogP contribution in [0.3, 0.4) is 0 Å². The zero-order valence-electron chi connectivity index (χ0n) is 18.1.